The highest BCUT2D eigenvalue weighted by molar-refractivity contribution is 7.89. The maximum atomic E-state index is 13.4. The number of nitrogens with two attached hydrogens (primary N) is 1. The number of sulfonamides is 1. The quantitative estimate of drug-likeness (QED) is 0.230. The number of amides is 1. The SMILES string of the molecule is CCN(Cc1ccc(S(N)(=O)=O)cc1)C(=O)c1ccc(-c2cc(-c3ccccn3)nn2-c2ccc(C(C)(C)C)cc2)cc1. The molecule has 220 valence electrons. The van der Waals surface area contributed by atoms with Crippen molar-refractivity contribution in [3.63, 3.8) is 0 Å². The minimum Gasteiger partial charge on any atom is -0.335 e. The van der Waals surface area contributed by atoms with E-state index in [4.69, 9.17) is 10.2 Å². The Bertz CT molecular complexity index is 1820. The van der Waals surface area contributed by atoms with Crippen LogP contribution in [0.4, 0.5) is 0 Å². The number of hydrogen-bond donors (Lipinski definition) is 1. The van der Waals surface area contributed by atoms with E-state index in [0.717, 1.165) is 33.9 Å². The standard InChI is InChI=1S/C34H35N5O3S/c1-5-38(23-24-9-19-29(20-10-24)43(35,41)42)33(40)26-13-11-25(12-14-26)32-22-31(30-8-6-7-21-36-30)37-39(32)28-17-15-27(16-18-28)34(2,3)4/h6-22H,5,23H2,1-4H3,(H2,35,41,42). The molecule has 0 aliphatic rings. The highest BCUT2D eigenvalue weighted by Crippen LogP contribution is 2.30. The monoisotopic (exact) mass is 593 g/mol. The average molecular weight is 594 g/mol. The second kappa shape index (κ2) is 11.9. The third-order valence-corrected chi connectivity index (χ3v) is 8.27. The summed E-state index contributed by atoms with van der Waals surface area (Å²) in [5.74, 6) is -0.120. The third kappa shape index (κ3) is 6.74. The zero-order valence-corrected chi connectivity index (χ0v) is 25.5. The van der Waals surface area contributed by atoms with E-state index in [1.165, 1.54) is 17.7 Å². The zero-order chi connectivity index (χ0) is 30.8. The van der Waals surface area contributed by atoms with E-state index in [9.17, 15) is 13.2 Å². The van der Waals surface area contributed by atoms with Crippen molar-refractivity contribution in [1.29, 1.82) is 0 Å². The average Bonchev–Trinajstić information content (AvgIpc) is 3.45. The fourth-order valence-corrected chi connectivity index (χ4v) is 5.34. The first-order chi connectivity index (χ1) is 20.4. The van der Waals surface area contributed by atoms with Gasteiger partial charge in [0.1, 0.15) is 5.69 Å². The molecule has 9 heteroatoms. The van der Waals surface area contributed by atoms with Crippen LogP contribution in [0.2, 0.25) is 0 Å². The predicted molar refractivity (Wildman–Crippen MR) is 169 cm³/mol. The van der Waals surface area contributed by atoms with E-state index in [0.29, 0.717) is 18.7 Å². The first-order valence-corrected chi connectivity index (χ1v) is 15.6. The first kappa shape index (κ1) is 29.9. The third-order valence-electron chi connectivity index (χ3n) is 7.34. The lowest BCUT2D eigenvalue weighted by atomic mass is 9.87. The van der Waals surface area contributed by atoms with Crippen LogP contribution in [0.5, 0.6) is 0 Å². The summed E-state index contributed by atoms with van der Waals surface area (Å²) in [6.45, 7) is 9.30. The fraction of sp³-hybridized carbons (Fsp3) is 0.206. The van der Waals surface area contributed by atoms with Gasteiger partial charge < -0.3 is 4.90 Å². The number of nitrogens with zero attached hydrogens (tertiary/aromatic N) is 4. The molecule has 5 aromatic rings. The molecule has 0 bridgehead atoms. The zero-order valence-electron chi connectivity index (χ0n) is 24.7. The summed E-state index contributed by atoms with van der Waals surface area (Å²) in [5.41, 5.74) is 6.87. The van der Waals surface area contributed by atoms with Crippen molar-refractivity contribution in [3.05, 3.63) is 120 Å². The van der Waals surface area contributed by atoms with Crippen molar-refractivity contribution in [1.82, 2.24) is 19.7 Å². The molecule has 5 rings (SSSR count). The second-order valence-electron chi connectivity index (χ2n) is 11.4. The van der Waals surface area contributed by atoms with E-state index in [1.807, 2.05) is 60.1 Å². The van der Waals surface area contributed by atoms with Crippen LogP contribution in [0.25, 0.3) is 28.3 Å². The Morgan fingerprint density at radius 3 is 2.12 bits per heavy atom. The lowest BCUT2D eigenvalue weighted by Gasteiger charge is -2.21. The Morgan fingerprint density at radius 1 is 0.884 bits per heavy atom. The Hall–Kier alpha value is -4.60. The first-order valence-electron chi connectivity index (χ1n) is 14.1. The van der Waals surface area contributed by atoms with E-state index in [2.05, 4.69) is 50.0 Å². The van der Waals surface area contributed by atoms with Crippen LogP contribution < -0.4 is 5.14 Å². The summed E-state index contributed by atoms with van der Waals surface area (Å²) in [7, 11) is -3.77. The number of carbonyl (C=O) groups is 1. The normalized spacial score (nSPS) is 11.8. The molecule has 2 N–H and O–H groups in total. The highest BCUT2D eigenvalue weighted by atomic mass is 32.2. The molecular formula is C34H35N5O3S. The van der Waals surface area contributed by atoms with Crippen molar-refractivity contribution in [2.45, 2.75) is 44.6 Å². The van der Waals surface area contributed by atoms with Crippen LogP contribution in [-0.4, -0.2) is 40.5 Å². The molecule has 1 amide bonds. The van der Waals surface area contributed by atoms with Crippen molar-refractivity contribution in [2.24, 2.45) is 5.14 Å². The van der Waals surface area contributed by atoms with Gasteiger partial charge in [0.05, 0.1) is 22.0 Å². The Morgan fingerprint density at radius 2 is 1.56 bits per heavy atom. The summed E-state index contributed by atoms with van der Waals surface area (Å²) < 4.78 is 25.1. The minimum absolute atomic E-state index is 0.0356. The lowest BCUT2D eigenvalue weighted by molar-refractivity contribution is 0.0752. The van der Waals surface area contributed by atoms with Gasteiger partial charge in [0.25, 0.3) is 5.91 Å². The van der Waals surface area contributed by atoms with Gasteiger partial charge in [-0.05, 0) is 78.1 Å². The maximum Gasteiger partial charge on any atom is 0.254 e. The number of benzene rings is 3. The van der Waals surface area contributed by atoms with E-state index in [-0.39, 0.29) is 16.2 Å². The summed E-state index contributed by atoms with van der Waals surface area (Å²) >= 11 is 0. The summed E-state index contributed by atoms with van der Waals surface area (Å²) in [5, 5.41) is 10.1. The van der Waals surface area contributed by atoms with Crippen molar-refractivity contribution in [2.75, 3.05) is 6.54 Å². The predicted octanol–water partition coefficient (Wildman–Crippen LogP) is 6.21. The van der Waals surface area contributed by atoms with Gasteiger partial charge in [-0.2, -0.15) is 5.10 Å². The van der Waals surface area contributed by atoms with Crippen molar-refractivity contribution >= 4 is 15.9 Å². The number of hydrogen-bond acceptors (Lipinski definition) is 5. The molecule has 0 aliphatic carbocycles. The van der Waals surface area contributed by atoms with Gasteiger partial charge in [-0.25, -0.2) is 18.2 Å². The van der Waals surface area contributed by atoms with Gasteiger partial charge in [0.2, 0.25) is 10.0 Å². The number of carbonyl (C=O) groups excluding carboxylic acids is 1. The molecule has 2 aromatic heterocycles. The van der Waals surface area contributed by atoms with Gasteiger partial charge in [-0.1, -0.05) is 63.2 Å². The van der Waals surface area contributed by atoms with Crippen molar-refractivity contribution < 1.29 is 13.2 Å². The number of rotatable bonds is 8. The Balaban J connectivity index is 1.44. The summed E-state index contributed by atoms with van der Waals surface area (Å²) in [6.07, 6.45) is 1.75. The molecule has 3 aromatic carbocycles. The van der Waals surface area contributed by atoms with Gasteiger partial charge in [0, 0.05) is 30.4 Å². The van der Waals surface area contributed by atoms with Crippen LogP contribution in [0, 0.1) is 0 Å². The molecule has 0 fully saturated rings. The molecule has 8 nitrogen and oxygen atoms in total. The molecule has 43 heavy (non-hydrogen) atoms. The molecule has 0 radical (unpaired) electrons. The van der Waals surface area contributed by atoms with Crippen LogP contribution >= 0.6 is 0 Å². The highest BCUT2D eigenvalue weighted by Gasteiger charge is 2.19. The molecule has 0 saturated carbocycles. The van der Waals surface area contributed by atoms with Crippen LogP contribution in [0.15, 0.2) is 108 Å². The second-order valence-corrected chi connectivity index (χ2v) is 13.0. The summed E-state index contributed by atoms with van der Waals surface area (Å²) in [6, 6.07) is 29.9. The van der Waals surface area contributed by atoms with Crippen molar-refractivity contribution in [3.8, 4) is 28.3 Å². The Labute approximate surface area is 252 Å². The summed E-state index contributed by atoms with van der Waals surface area (Å²) in [4.78, 5) is 19.7. The molecule has 0 unspecified atom stereocenters. The largest absolute Gasteiger partial charge is 0.335 e. The molecule has 0 saturated heterocycles. The Kier molecular flexibility index (Phi) is 8.30. The van der Waals surface area contributed by atoms with E-state index < -0.39 is 10.0 Å². The fourth-order valence-electron chi connectivity index (χ4n) is 4.82. The van der Waals surface area contributed by atoms with Gasteiger partial charge in [0.15, 0.2) is 0 Å². The topological polar surface area (TPSA) is 111 Å². The maximum absolute atomic E-state index is 13.4. The van der Waals surface area contributed by atoms with Crippen LogP contribution in [0.3, 0.4) is 0 Å². The number of primary sulfonamides is 1. The van der Waals surface area contributed by atoms with Gasteiger partial charge >= 0.3 is 0 Å². The van der Waals surface area contributed by atoms with E-state index in [1.54, 1.807) is 23.2 Å². The number of pyridine rings is 1. The van der Waals surface area contributed by atoms with Crippen LogP contribution in [0.1, 0.15) is 49.2 Å². The minimum atomic E-state index is -3.77. The van der Waals surface area contributed by atoms with Gasteiger partial charge in [-0.15, -0.1) is 0 Å². The molecular weight excluding hydrogens is 558 g/mol. The lowest BCUT2D eigenvalue weighted by Crippen LogP contribution is -2.30. The van der Waals surface area contributed by atoms with Crippen LogP contribution in [-0.2, 0) is 22.0 Å². The molecule has 2 heterocycles. The molecule has 0 aliphatic heterocycles. The molecule has 0 spiro atoms. The molecule has 0 atom stereocenters. The van der Waals surface area contributed by atoms with Gasteiger partial charge in [-0.3, -0.25) is 9.78 Å². The number of aromatic nitrogens is 3. The van der Waals surface area contributed by atoms with E-state index >= 15 is 0 Å². The smallest absolute Gasteiger partial charge is 0.254 e.